The van der Waals surface area contributed by atoms with Crippen LogP contribution in [0.1, 0.15) is 17.1 Å². The number of carbonyl (C=O) groups excluding carboxylic acids is 1. The van der Waals surface area contributed by atoms with Crippen molar-refractivity contribution in [2.45, 2.75) is 20.5 Å². The smallest absolute Gasteiger partial charge is 0.412 e. The van der Waals surface area contributed by atoms with E-state index in [1.54, 1.807) is 13.0 Å². The minimum Gasteiger partial charge on any atom is -0.496 e. The molecule has 4 aromatic rings. The van der Waals surface area contributed by atoms with E-state index in [9.17, 15) is 9.18 Å². The molecule has 31 heavy (non-hydrogen) atoms. The van der Waals surface area contributed by atoms with Crippen molar-refractivity contribution >= 4 is 33.5 Å². The Hall–Kier alpha value is -3.46. The van der Waals surface area contributed by atoms with Crippen LogP contribution in [0.25, 0.3) is 21.6 Å². The molecule has 0 fully saturated rings. The Morgan fingerprint density at radius 2 is 2.00 bits per heavy atom. The highest BCUT2D eigenvalue weighted by molar-refractivity contribution is 7.19. The van der Waals surface area contributed by atoms with E-state index in [1.807, 2.05) is 36.7 Å². The Labute approximate surface area is 182 Å². The maximum atomic E-state index is 13.5. The zero-order valence-electron chi connectivity index (χ0n) is 17.5. The number of aromatic nitrogens is 3. The number of carbonyl (C=O) groups is 1. The molecule has 0 radical (unpaired) electrons. The van der Waals surface area contributed by atoms with Gasteiger partial charge in [0.2, 0.25) is 0 Å². The zero-order valence-corrected chi connectivity index (χ0v) is 18.3. The van der Waals surface area contributed by atoms with Gasteiger partial charge in [0, 0.05) is 13.1 Å². The molecule has 2 aromatic heterocycles. The first-order valence-electron chi connectivity index (χ1n) is 9.53. The molecule has 0 aliphatic rings. The second-order valence-corrected chi connectivity index (χ2v) is 8.02. The van der Waals surface area contributed by atoms with Crippen LogP contribution in [0.3, 0.4) is 0 Å². The number of hydrogen-bond donors (Lipinski definition) is 1. The summed E-state index contributed by atoms with van der Waals surface area (Å²) >= 11 is 1.27. The number of nitrogens with one attached hydrogen (secondary N) is 1. The fourth-order valence-electron chi connectivity index (χ4n) is 3.20. The van der Waals surface area contributed by atoms with Crippen molar-refractivity contribution in [1.82, 2.24) is 14.5 Å². The Kier molecular flexibility index (Phi) is 5.60. The van der Waals surface area contributed by atoms with Crippen molar-refractivity contribution in [2.75, 3.05) is 12.4 Å². The largest absolute Gasteiger partial charge is 0.496 e. The molecule has 0 unspecified atom stereocenters. The van der Waals surface area contributed by atoms with Gasteiger partial charge < -0.3 is 14.0 Å². The van der Waals surface area contributed by atoms with E-state index in [4.69, 9.17) is 9.47 Å². The number of nitrogens with zero attached hydrogens (tertiary/aromatic N) is 3. The van der Waals surface area contributed by atoms with Crippen LogP contribution in [0.4, 0.5) is 14.2 Å². The number of ether oxygens (including phenoxy) is 2. The van der Waals surface area contributed by atoms with Crippen LogP contribution in [0.15, 0.2) is 36.4 Å². The summed E-state index contributed by atoms with van der Waals surface area (Å²) in [6.07, 6.45) is -0.582. The van der Waals surface area contributed by atoms with E-state index in [0.29, 0.717) is 27.0 Å². The molecular weight excluding hydrogens is 419 g/mol. The van der Waals surface area contributed by atoms with Crippen molar-refractivity contribution in [1.29, 1.82) is 0 Å². The van der Waals surface area contributed by atoms with Gasteiger partial charge in [-0.3, -0.25) is 5.32 Å². The lowest BCUT2D eigenvalue weighted by atomic mass is 10.2. The first-order chi connectivity index (χ1) is 14.9. The number of halogens is 1. The molecule has 0 atom stereocenters. The van der Waals surface area contributed by atoms with E-state index >= 15 is 0 Å². The lowest BCUT2D eigenvalue weighted by molar-refractivity contribution is 0.155. The number of rotatable bonds is 5. The third kappa shape index (κ3) is 4.22. The molecule has 0 saturated carbocycles. The van der Waals surface area contributed by atoms with Crippen molar-refractivity contribution in [3.63, 3.8) is 0 Å². The summed E-state index contributed by atoms with van der Waals surface area (Å²) in [5, 5.41) is 3.90. The molecule has 0 aliphatic carbocycles. The number of imidazole rings is 1. The van der Waals surface area contributed by atoms with Crippen LogP contribution in [0.2, 0.25) is 0 Å². The quantitative estimate of drug-likeness (QED) is 0.461. The second kappa shape index (κ2) is 8.35. The van der Waals surface area contributed by atoms with Crippen LogP contribution in [0.5, 0.6) is 5.75 Å². The number of anilines is 1. The van der Waals surface area contributed by atoms with Gasteiger partial charge in [-0.1, -0.05) is 17.4 Å². The summed E-state index contributed by atoms with van der Waals surface area (Å²) in [6.45, 7) is 3.84. The van der Waals surface area contributed by atoms with Crippen LogP contribution in [-0.2, 0) is 18.4 Å². The van der Waals surface area contributed by atoms with Gasteiger partial charge in [0.05, 0.1) is 29.4 Å². The zero-order chi connectivity index (χ0) is 22.1. The van der Waals surface area contributed by atoms with E-state index in [2.05, 4.69) is 15.3 Å². The highest BCUT2D eigenvalue weighted by Gasteiger charge is 2.16. The molecule has 0 spiro atoms. The van der Waals surface area contributed by atoms with E-state index in [-0.39, 0.29) is 6.61 Å². The molecule has 1 N–H and O–H groups in total. The number of hydrogen-bond acceptors (Lipinski definition) is 6. The number of thiazole rings is 1. The molecule has 1 amide bonds. The fourth-order valence-corrected chi connectivity index (χ4v) is 4.18. The van der Waals surface area contributed by atoms with E-state index in [0.717, 1.165) is 22.4 Å². The molecular formula is C22H21FN4O3S. The topological polar surface area (TPSA) is 78.3 Å². The summed E-state index contributed by atoms with van der Waals surface area (Å²) in [4.78, 5) is 21.3. The molecule has 0 bridgehead atoms. The first-order valence-corrected chi connectivity index (χ1v) is 10.3. The first kappa shape index (κ1) is 20.8. The number of aryl methyl sites for hydroxylation is 3. The summed E-state index contributed by atoms with van der Waals surface area (Å²) in [5.41, 5.74) is 4.01. The van der Waals surface area contributed by atoms with E-state index in [1.165, 1.54) is 30.6 Å². The van der Waals surface area contributed by atoms with Gasteiger partial charge in [0.25, 0.3) is 0 Å². The number of benzene rings is 2. The fraction of sp³-hybridized carbons (Fsp3) is 0.227. The van der Waals surface area contributed by atoms with Gasteiger partial charge in [0.15, 0.2) is 0 Å². The van der Waals surface area contributed by atoms with Crippen LogP contribution in [-0.4, -0.2) is 27.7 Å². The predicted molar refractivity (Wildman–Crippen MR) is 118 cm³/mol. The average Bonchev–Trinajstić information content (AvgIpc) is 3.24. The predicted octanol–water partition coefficient (Wildman–Crippen LogP) is 5.21. The highest BCUT2D eigenvalue weighted by atomic mass is 32.1. The summed E-state index contributed by atoms with van der Waals surface area (Å²) in [5.74, 6) is 0.901. The van der Waals surface area contributed by atoms with Crippen molar-refractivity contribution in [2.24, 2.45) is 7.05 Å². The van der Waals surface area contributed by atoms with Gasteiger partial charge >= 0.3 is 6.09 Å². The lowest BCUT2D eigenvalue weighted by Crippen LogP contribution is -2.13. The molecule has 0 saturated heterocycles. The molecule has 4 rings (SSSR count). The van der Waals surface area contributed by atoms with Gasteiger partial charge in [-0.2, -0.15) is 0 Å². The average molecular weight is 441 g/mol. The molecule has 7 nitrogen and oxygen atoms in total. The molecule has 2 heterocycles. The number of fused-ring (bicyclic) bond motifs is 1. The molecule has 9 heteroatoms. The molecule has 160 valence electrons. The molecule has 2 aromatic carbocycles. The summed E-state index contributed by atoms with van der Waals surface area (Å²) in [6, 6.07) is 10.0. The second-order valence-electron chi connectivity index (χ2n) is 7.02. The van der Waals surface area contributed by atoms with E-state index < -0.39 is 11.9 Å². The molecule has 0 aliphatic heterocycles. The maximum absolute atomic E-state index is 13.5. The van der Waals surface area contributed by atoms with Crippen molar-refractivity contribution in [3.05, 3.63) is 59.3 Å². The normalized spacial score (nSPS) is 11.0. The highest BCUT2D eigenvalue weighted by Crippen LogP contribution is 2.37. The van der Waals surface area contributed by atoms with Crippen molar-refractivity contribution in [3.8, 4) is 16.3 Å². The SMILES string of the molecule is COc1cc(F)ccc1-c1nc(C)c(NC(=O)OCc2ccc3c(c2)nc(C)n3C)s1. The van der Waals surface area contributed by atoms with Crippen LogP contribution < -0.4 is 10.1 Å². The van der Waals surface area contributed by atoms with Gasteiger partial charge in [-0.05, 0) is 43.7 Å². The minimum absolute atomic E-state index is 0.119. The third-order valence-corrected chi connectivity index (χ3v) is 6.05. The summed E-state index contributed by atoms with van der Waals surface area (Å²) < 4.78 is 26.1. The Morgan fingerprint density at radius 3 is 2.77 bits per heavy atom. The van der Waals surface area contributed by atoms with Gasteiger partial charge in [-0.15, -0.1) is 0 Å². The standard InChI is InChI=1S/C22H21FN4O3S/c1-12-20(31-21(24-12)16-7-6-15(23)10-19(16)29-4)26-22(28)30-11-14-5-8-18-17(9-14)25-13(2)27(18)3/h5-10H,11H2,1-4H3,(H,26,28). The van der Waals surface area contributed by atoms with Gasteiger partial charge in [-0.25, -0.2) is 19.2 Å². The van der Waals surface area contributed by atoms with Crippen molar-refractivity contribution < 1.29 is 18.7 Å². The third-order valence-electron chi connectivity index (χ3n) is 4.94. The monoisotopic (exact) mass is 440 g/mol. The number of amides is 1. The Morgan fingerprint density at radius 1 is 1.19 bits per heavy atom. The van der Waals surface area contributed by atoms with Crippen LogP contribution in [0, 0.1) is 19.7 Å². The Bertz CT molecular complexity index is 1280. The lowest BCUT2D eigenvalue weighted by Gasteiger charge is -2.06. The maximum Gasteiger partial charge on any atom is 0.412 e. The number of methoxy groups -OCH3 is 1. The Balaban J connectivity index is 1.45. The minimum atomic E-state index is -0.582. The van der Waals surface area contributed by atoms with Gasteiger partial charge in [0.1, 0.15) is 34.0 Å². The summed E-state index contributed by atoms with van der Waals surface area (Å²) in [7, 11) is 3.43. The van der Waals surface area contributed by atoms with Crippen LogP contribution >= 0.6 is 11.3 Å².